The van der Waals surface area contributed by atoms with E-state index in [9.17, 15) is 0 Å². The fraction of sp³-hybridized carbons (Fsp3) is 0.643. The van der Waals surface area contributed by atoms with Crippen LogP contribution in [0.4, 0.5) is 0 Å². The highest BCUT2D eigenvalue weighted by Crippen LogP contribution is 2.16. The molecule has 0 saturated carbocycles. The van der Waals surface area contributed by atoms with Crippen molar-refractivity contribution in [2.75, 3.05) is 26.2 Å². The minimum atomic E-state index is 0. The van der Waals surface area contributed by atoms with Crippen molar-refractivity contribution in [2.45, 2.75) is 32.2 Å². The molecular weight excluding hydrogens is 367 g/mol. The summed E-state index contributed by atoms with van der Waals surface area (Å²) in [4.78, 5) is 6.91. The number of nitrogens with zero attached hydrogens (tertiary/aromatic N) is 2. The number of likely N-dealkylation sites (tertiary alicyclic amines) is 1. The van der Waals surface area contributed by atoms with Crippen molar-refractivity contribution >= 4 is 29.9 Å². The Morgan fingerprint density at radius 2 is 2.45 bits per heavy atom. The molecule has 1 unspecified atom stereocenters. The largest absolute Gasteiger partial charge is 0.469 e. The Hall–Kier alpha value is -0.760. The summed E-state index contributed by atoms with van der Waals surface area (Å²) in [5.74, 6) is 1.50. The van der Waals surface area contributed by atoms with Gasteiger partial charge in [0.15, 0.2) is 5.96 Å². The van der Waals surface area contributed by atoms with Crippen LogP contribution >= 0.6 is 24.0 Å². The molecule has 0 spiro atoms. The lowest BCUT2D eigenvalue weighted by atomic mass is 10.2. The number of rotatable bonds is 6. The lowest BCUT2D eigenvalue weighted by Gasteiger charge is -2.20. The molecule has 2 heterocycles. The normalized spacial score (nSPS) is 19.9. The quantitative estimate of drug-likeness (QED) is 0.441. The second kappa shape index (κ2) is 9.23. The zero-order valence-corrected chi connectivity index (χ0v) is 14.4. The Morgan fingerprint density at radius 3 is 3.15 bits per heavy atom. The van der Waals surface area contributed by atoms with E-state index in [0.29, 0.717) is 12.0 Å². The summed E-state index contributed by atoms with van der Waals surface area (Å²) >= 11 is 0. The van der Waals surface area contributed by atoms with E-state index < -0.39 is 0 Å². The van der Waals surface area contributed by atoms with E-state index in [4.69, 9.17) is 10.2 Å². The highest BCUT2D eigenvalue weighted by Gasteiger charge is 2.22. The molecule has 20 heavy (non-hydrogen) atoms. The van der Waals surface area contributed by atoms with E-state index >= 15 is 0 Å². The molecule has 1 atom stereocenters. The molecule has 1 aromatic rings. The standard InChI is InChI=1S/C14H24N4O.HI/c1-2-18-9-3-5-12(18)11-17-14(15)16-8-7-13-6-4-10-19-13;/h4,6,10,12H,2-3,5,7-9,11H2,1H3,(H3,15,16,17);1H. The zero-order valence-electron chi connectivity index (χ0n) is 12.0. The van der Waals surface area contributed by atoms with Crippen LogP contribution < -0.4 is 11.1 Å². The molecule has 1 aromatic heterocycles. The first-order chi connectivity index (χ1) is 9.29. The van der Waals surface area contributed by atoms with E-state index in [1.165, 1.54) is 19.4 Å². The van der Waals surface area contributed by atoms with Gasteiger partial charge in [0.1, 0.15) is 5.76 Å². The molecule has 0 aliphatic carbocycles. The van der Waals surface area contributed by atoms with Gasteiger partial charge in [-0.15, -0.1) is 24.0 Å². The van der Waals surface area contributed by atoms with Crippen molar-refractivity contribution in [1.29, 1.82) is 0 Å². The molecule has 1 aliphatic rings. The Morgan fingerprint density at radius 1 is 1.60 bits per heavy atom. The molecule has 0 radical (unpaired) electrons. The van der Waals surface area contributed by atoms with Crippen LogP contribution in [0.2, 0.25) is 0 Å². The number of guanidine groups is 1. The molecule has 0 aromatic carbocycles. The van der Waals surface area contributed by atoms with Gasteiger partial charge in [0.25, 0.3) is 0 Å². The van der Waals surface area contributed by atoms with Crippen molar-refractivity contribution in [1.82, 2.24) is 10.2 Å². The molecule has 1 aliphatic heterocycles. The number of hydrogen-bond donors (Lipinski definition) is 2. The SMILES string of the molecule is CCN1CCCC1CN=C(N)NCCc1ccco1.I. The summed E-state index contributed by atoms with van der Waals surface area (Å²) in [5.41, 5.74) is 5.87. The van der Waals surface area contributed by atoms with Gasteiger partial charge in [0, 0.05) is 19.0 Å². The van der Waals surface area contributed by atoms with E-state index in [1.54, 1.807) is 6.26 Å². The number of hydrogen-bond acceptors (Lipinski definition) is 3. The minimum absolute atomic E-state index is 0. The predicted octanol–water partition coefficient (Wildman–Crippen LogP) is 1.83. The number of aliphatic imine (C=N–C) groups is 1. The summed E-state index contributed by atoms with van der Waals surface area (Å²) in [7, 11) is 0. The fourth-order valence-corrected chi connectivity index (χ4v) is 2.55. The highest BCUT2D eigenvalue weighted by atomic mass is 127. The lowest BCUT2D eigenvalue weighted by molar-refractivity contribution is 0.273. The van der Waals surface area contributed by atoms with E-state index in [2.05, 4.69) is 22.1 Å². The fourth-order valence-electron chi connectivity index (χ4n) is 2.55. The predicted molar refractivity (Wildman–Crippen MR) is 92.6 cm³/mol. The van der Waals surface area contributed by atoms with Crippen LogP contribution in [0.3, 0.4) is 0 Å². The summed E-state index contributed by atoms with van der Waals surface area (Å²) in [6, 6.07) is 4.43. The number of likely N-dealkylation sites (N-methyl/N-ethyl adjacent to an activating group) is 1. The van der Waals surface area contributed by atoms with Crippen LogP contribution in [-0.2, 0) is 6.42 Å². The molecule has 3 N–H and O–H groups in total. The average Bonchev–Trinajstić information content (AvgIpc) is 3.07. The smallest absolute Gasteiger partial charge is 0.188 e. The topological polar surface area (TPSA) is 66.8 Å². The average molecular weight is 392 g/mol. The van der Waals surface area contributed by atoms with Gasteiger partial charge in [-0.1, -0.05) is 6.92 Å². The first-order valence-corrected chi connectivity index (χ1v) is 7.10. The molecule has 0 bridgehead atoms. The van der Waals surface area contributed by atoms with E-state index in [-0.39, 0.29) is 24.0 Å². The van der Waals surface area contributed by atoms with Crippen molar-refractivity contribution in [3.63, 3.8) is 0 Å². The second-order valence-corrected chi connectivity index (χ2v) is 4.91. The molecule has 1 saturated heterocycles. The van der Waals surface area contributed by atoms with Gasteiger partial charge in [-0.25, -0.2) is 0 Å². The first kappa shape index (κ1) is 17.3. The van der Waals surface area contributed by atoms with Crippen molar-refractivity contribution < 1.29 is 4.42 Å². The van der Waals surface area contributed by atoms with Gasteiger partial charge in [-0.3, -0.25) is 9.89 Å². The molecule has 2 rings (SSSR count). The number of nitrogens with two attached hydrogens (primary N) is 1. The molecule has 114 valence electrons. The van der Waals surface area contributed by atoms with Gasteiger partial charge in [-0.05, 0) is 38.1 Å². The lowest BCUT2D eigenvalue weighted by Crippen LogP contribution is -2.36. The maximum absolute atomic E-state index is 5.87. The van der Waals surface area contributed by atoms with Gasteiger partial charge >= 0.3 is 0 Å². The summed E-state index contributed by atoms with van der Waals surface area (Å²) in [6.07, 6.45) is 5.02. The van der Waals surface area contributed by atoms with Crippen LogP contribution in [-0.4, -0.2) is 43.1 Å². The third kappa shape index (κ3) is 5.32. The number of nitrogens with one attached hydrogen (secondary N) is 1. The van der Waals surface area contributed by atoms with Crippen molar-refractivity contribution in [3.05, 3.63) is 24.2 Å². The Labute approximate surface area is 138 Å². The summed E-state index contributed by atoms with van der Waals surface area (Å²) in [5, 5.41) is 3.13. The van der Waals surface area contributed by atoms with Crippen molar-refractivity contribution in [3.8, 4) is 0 Å². The van der Waals surface area contributed by atoms with Gasteiger partial charge in [0.2, 0.25) is 0 Å². The van der Waals surface area contributed by atoms with Crippen LogP contribution in [0.25, 0.3) is 0 Å². The Kier molecular flexibility index (Phi) is 7.98. The maximum atomic E-state index is 5.87. The van der Waals surface area contributed by atoms with E-state index in [0.717, 1.165) is 31.8 Å². The van der Waals surface area contributed by atoms with Crippen LogP contribution in [0.15, 0.2) is 27.8 Å². The van der Waals surface area contributed by atoms with Crippen LogP contribution in [0.5, 0.6) is 0 Å². The molecule has 0 amide bonds. The zero-order chi connectivity index (χ0) is 13.5. The van der Waals surface area contributed by atoms with Crippen LogP contribution in [0.1, 0.15) is 25.5 Å². The number of halogens is 1. The van der Waals surface area contributed by atoms with Crippen molar-refractivity contribution in [2.24, 2.45) is 10.7 Å². The Bertz CT molecular complexity index is 394. The monoisotopic (exact) mass is 392 g/mol. The minimum Gasteiger partial charge on any atom is -0.469 e. The summed E-state index contributed by atoms with van der Waals surface area (Å²) < 4.78 is 5.26. The Balaban J connectivity index is 0.00000200. The van der Waals surface area contributed by atoms with Crippen LogP contribution in [0, 0.1) is 0 Å². The molecular formula is C14H25IN4O. The molecule has 5 nitrogen and oxygen atoms in total. The summed E-state index contributed by atoms with van der Waals surface area (Å²) in [6.45, 7) is 6.06. The van der Waals surface area contributed by atoms with Gasteiger partial charge in [0.05, 0.1) is 12.8 Å². The molecule has 1 fully saturated rings. The number of furan rings is 1. The third-order valence-corrected chi connectivity index (χ3v) is 3.64. The maximum Gasteiger partial charge on any atom is 0.188 e. The third-order valence-electron chi connectivity index (χ3n) is 3.64. The molecule has 6 heteroatoms. The second-order valence-electron chi connectivity index (χ2n) is 4.91. The van der Waals surface area contributed by atoms with Gasteiger partial charge < -0.3 is 15.5 Å². The van der Waals surface area contributed by atoms with E-state index in [1.807, 2.05) is 12.1 Å². The van der Waals surface area contributed by atoms with Gasteiger partial charge in [-0.2, -0.15) is 0 Å². The highest BCUT2D eigenvalue weighted by molar-refractivity contribution is 14.0. The first-order valence-electron chi connectivity index (χ1n) is 7.10.